The summed E-state index contributed by atoms with van der Waals surface area (Å²) in [5.41, 5.74) is 1.32. The van der Waals surface area contributed by atoms with Crippen molar-refractivity contribution in [1.29, 1.82) is 0 Å². The molecule has 0 bridgehead atoms. The van der Waals surface area contributed by atoms with Gasteiger partial charge in [0.1, 0.15) is 0 Å². The Balaban J connectivity index is 1.65. The predicted molar refractivity (Wildman–Crippen MR) is 68.6 cm³/mol. The van der Waals surface area contributed by atoms with Crippen molar-refractivity contribution in [1.82, 2.24) is 5.32 Å². The molecule has 0 saturated heterocycles. The molecule has 1 aromatic heterocycles. The molecular weight excluding hydrogens is 218 g/mol. The van der Waals surface area contributed by atoms with Gasteiger partial charge in [-0.05, 0) is 41.1 Å². The van der Waals surface area contributed by atoms with E-state index in [4.69, 9.17) is 0 Å². The summed E-state index contributed by atoms with van der Waals surface area (Å²) >= 11 is 1.72. The van der Waals surface area contributed by atoms with Gasteiger partial charge in [-0.15, -0.1) is 0 Å². The van der Waals surface area contributed by atoms with Gasteiger partial charge in [0.15, 0.2) is 0 Å². The number of hydrogen-bond donors (Lipinski definition) is 2. The van der Waals surface area contributed by atoms with Crippen molar-refractivity contribution < 1.29 is 5.11 Å². The summed E-state index contributed by atoms with van der Waals surface area (Å²) in [6.45, 7) is 1.62. The van der Waals surface area contributed by atoms with E-state index >= 15 is 0 Å². The summed E-state index contributed by atoms with van der Waals surface area (Å²) in [5.74, 6) is 0.531. The van der Waals surface area contributed by atoms with E-state index in [2.05, 4.69) is 22.1 Å². The monoisotopic (exact) mass is 239 g/mol. The fourth-order valence-corrected chi connectivity index (χ4v) is 3.11. The van der Waals surface area contributed by atoms with Crippen LogP contribution in [0.25, 0.3) is 0 Å². The number of hydrogen-bond acceptors (Lipinski definition) is 3. The fourth-order valence-electron chi connectivity index (χ4n) is 2.44. The maximum atomic E-state index is 10.0. The van der Waals surface area contributed by atoms with Crippen molar-refractivity contribution in [3.8, 4) is 0 Å². The van der Waals surface area contributed by atoms with Crippen LogP contribution in [0.15, 0.2) is 16.8 Å². The van der Waals surface area contributed by atoms with Gasteiger partial charge in [0, 0.05) is 13.1 Å². The lowest BCUT2D eigenvalue weighted by Gasteiger charge is -2.26. The van der Waals surface area contributed by atoms with E-state index in [1.54, 1.807) is 11.3 Å². The first-order valence-electron chi connectivity index (χ1n) is 6.26. The summed E-state index contributed by atoms with van der Waals surface area (Å²) in [6, 6.07) is 2.13. The van der Waals surface area contributed by atoms with E-state index in [1.807, 2.05) is 0 Å². The standard InChI is InChI=1S/C13H21NOS/c15-13(12-4-2-1-3-5-12)9-14-8-11-6-7-16-10-11/h6-7,10,12-15H,1-5,8-9H2. The number of nitrogens with one attached hydrogen (secondary N) is 1. The van der Waals surface area contributed by atoms with Crippen molar-refractivity contribution in [2.24, 2.45) is 5.92 Å². The zero-order chi connectivity index (χ0) is 11.2. The van der Waals surface area contributed by atoms with E-state index in [0.29, 0.717) is 5.92 Å². The van der Waals surface area contributed by atoms with Gasteiger partial charge in [-0.1, -0.05) is 19.3 Å². The lowest BCUT2D eigenvalue weighted by atomic mass is 9.85. The SMILES string of the molecule is OC(CNCc1ccsc1)C1CCCCC1. The van der Waals surface area contributed by atoms with Gasteiger partial charge >= 0.3 is 0 Å². The smallest absolute Gasteiger partial charge is 0.0692 e. The number of aliphatic hydroxyl groups is 1. The molecule has 2 N–H and O–H groups in total. The van der Waals surface area contributed by atoms with Gasteiger partial charge in [0.2, 0.25) is 0 Å². The summed E-state index contributed by atoms with van der Waals surface area (Å²) < 4.78 is 0. The number of thiophene rings is 1. The molecule has 1 aliphatic carbocycles. The Kier molecular flexibility index (Phi) is 4.82. The predicted octanol–water partition coefficient (Wildman–Crippen LogP) is 2.78. The largest absolute Gasteiger partial charge is 0.392 e. The van der Waals surface area contributed by atoms with Crippen molar-refractivity contribution in [3.05, 3.63) is 22.4 Å². The van der Waals surface area contributed by atoms with Gasteiger partial charge in [0.05, 0.1) is 6.10 Å². The maximum Gasteiger partial charge on any atom is 0.0692 e. The summed E-state index contributed by atoms with van der Waals surface area (Å²) in [4.78, 5) is 0. The van der Waals surface area contributed by atoms with E-state index in [9.17, 15) is 5.11 Å². The first-order chi connectivity index (χ1) is 7.86. The van der Waals surface area contributed by atoms with Crippen LogP contribution in [-0.4, -0.2) is 17.8 Å². The highest BCUT2D eigenvalue weighted by Crippen LogP contribution is 2.26. The second-order valence-corrected chi connectivity index (χ2v) is 5.51. The Morgan fingerprint density at radius 2 is 2.19 bits per heavy atom. The lowest BCUT2D eigenvalue weighted by molar-refractivity contribution is 0.0839. The van der Waals surface area contributed by atoms with Crippen molar-refractivity contribution in [2.45, 2.75) is 44.8 Å². The van der Waals surface area contributed by atoms with Crippen LogP contribution in [0, 0.1) is 5.92 Å². The summed E-state index contributed by atoms with van der Waals surface area (Å²) in [6.07, 6.45) is 6.21. The minimum absolute atomic E-state index is 0.154. The highest BCUT2D eigenvalue weighted by Gasteiger charge is 2.20. The number of aliphatic hydroxyl groups excluding tert-OH is 1. The molecule has 3 heteroatoms. The molecule has 1 atom stereocenters. The third-order valence-corrected chi connectivity index (χ3v) is 4.19. The molecule has 1 unspecified atom stereocenters. The van der Waals surface area contributed by atoms with Crippen LogP contribution in [0.3, 0.4) is 0 Å². The van der Waals surface area contributed by atoms with E-state index in [1.165, 1.54) is 37.7 Å². The van der Waals surface area contributed by atoms with Crippen LogP contribution in [-0.2, 0) is 6.54 Å². The molecule has 2 nitrogen and oxygen atoms in total. The Bertz CT molecular complexity index is 280. The molecule has 0 amide bonds. The van der Waals surface area contributed by atoms with E-state index < -0.39 is 0 Å². The Hall–Kier alpha value is -0.380. The lowest BCUT2D eigenvalue weighted by Crippen LogP contribution is -2.33. The van der Waals surface area contributed by atoms with Crippen molar-refractivity contribution in [3.63, 3.8) is 0 Å². The van der Waals surface area contributed by atoms with Gasteiger partial charge in [-0.2, -0.15) is 11.3 Å². The molecule has 1 aliphatic rings. The molecular formula is C13H21NOS. The first kappa shape index (κ1) is 12.1. The van der Waals surface area contributed by atoms with Gasteiger partial charge in [0.25, 0.3) is 0 Å². The van der Waals surface area contributed by atoms with Crippen molar-refractivity contribution >= 4 is 11.3 Å². The molecule has 1 saturated carbocycles. The molecule has 90 valence electrons. The molecule has 2 rings (SSSR count). The zero-order valence-corrected chi connectivity index (χ0v) is 10.5. The first-order valence-corrected chi connectivity index (χ1v) is 7.20. The van der Waals surface area contributed by atoms with Crippen LogP contribution in [0.5, 0.6) is 0 Å². The van der Waals surface area contributed by atoms with Crippen LogP contribution in [0.1, 0.15) is 37.7 Å². The number of rotatable bonds is 5. The van der Waals surface area contributed by atoms with Gasteiger partial charge < -0.3 is 10.4 Å². The molecule has 1 aromatic rings. The zero-order valence-electron chi connectivity index (χ0n) is 9.69. The van der Waals surface area contributed by atoms with Crippen LogP contribution >= 0.6 is 11.3 Å². The Morgan fingerprint density at radius 1 is 1.38 bits per heavy atom. The van der Waals surface area contributed by atoms with E-state index in [0.717, 1.165) is 13.1 Å². The molecule has 1 fully saturated rings. The third-order valence-electron chi connectivity index (χ3n) is 3.46. The minimum atomic E-state index is -0.154. The molecule has 0 spiro atoms. The average molecular weight is 239 g/mol. The highest BCUT2D eigenvalue weighted by atomic mass is 32.1. The van der Waals surface area contributed by atoms with Crippen molar-refractivity contribution in [2.75, 3.05) is 6.54 Å². The molecule has 0 aromatic carbocycles. The van der Waals surface area contributed by atoms with Crippen LogP contribution in [0.4, 0.5) is 0 Å². The maximum absolute atomic E-state index is 10.0. The average Bonchev–Trinajstić information content (AvgIpc) is 2.83. The van der Waals surface area contributed by atoms with Crippen LogP contribution < -0.4 is 5.32 Å². The summed E-state index contributed by atoms with van der Waals surface area (Å²) in [7, 11) is 0. The molecule has 0 radical (unpaired) electrons. The highest BCUT2D eigenvalue weighted by molar-refractivity contribution is 7.07. The Labute approximate surface area is 102 Å². The topological polar surface area (TPSA) is 32.3 Å². The third kappa shape index (κ3) is 3.58. The second kappa shape index (κ2) is 6.38. The molecule has 16 heavy (non-hydrogen) atoms. The summed E-state index contributed by atoms with van der Waals surface area (Å²) in [5, 5.41) is 17.6. The fraction of sp³-hybridized carbons (Fsp3) is 0.692. The van der Waals surface area contributed by atoms with E-state index in [-0.39, 0.29) is 6.10 Å². The second-order valence-electron chi connectivity index (χ2n) is 4.73. The normalized spacial score (nSPS) is 19.8. The molecule has 1 heterocycles. The molecule has 0 aliphatic heterocycles. The Morgan fingerprint density at radius 3 is 2.88 bits per heavy atom. The quantitative estimate of drug-likeness (QED) is 0.828. The van der Waals surface area contributed by atoms with Gasteiger partial charge in [-0.3, -0.25) is 0 Å². The van der Waals surface area contributed by atoms with Crippen LogP contribution in [0.2, 0.25) is 0 Å². The van der Waals surface area contributed by atoms with Gasteiger partial charge in [-0.25, -0.2) is 0 Å². The minimum Gasteiger partial charge on any atom is -0.392 e.